The average Bonchev–Trinajstić information content (AvgIpc) is 2.69. The first-order valence-electron chi connectivity index (χ1n) is 8.61. The standard InChI is InChI=1S/C20H24BrN3O3/c1-26-18-8-5-15(13-19(18)27-2)9-11-22-12-10-20(25)24-23-14-16-3-6-17(21)7-4-16/h3-8,13-14,22H,9-12H2,1-2H3,(H,24,25). The van der Waals surface area contributed by atoms with E-state index >= 15 is 0 Å². The highest BCUT2D eigenvalue weighted by Gasteiger charge is 2.04. The van der Waals surface area contributed by atoms with E-state index in [0.717, 1.165) is 40.1 Å². The zero-order chi connectivity index (χ0) is 19.5. The third-order valence-electron chi connectivity index (χ3n) is 3.84. The number of hydrazone groups is 1. The summed E-state index contributed by atoms with van der Waals surface area (Å²) in [6.45, 7) is 1.36. The smallest absolute Gasteiger partial charge is 0.241 e. The number of carbonyl (C=O) groups excluding carboxylic acids is 1. The number of nitrogens with one attached hydrogen (secondary N) is 2. The quantitative estimate of drug-likeness (QED) is 0.343. The van der Waals surface area contributed by atoms with Gasteiger partial charge in [-0.3, -0.25) is 4.79 Å². The fourth-order valence-corrected chi connectivity index (χ4v) is 2.64. The van der Waals surface area contributed by atoms with Gasteiger partial charge < -0.3 is 14.8 Å². The lowest BCUT2D eigenvalue weighted by atomic mass is 10.1. The molecule has 0 atom stereocenters. The van der Waals surface area contributed by atoms with E-state index in [0.29, 0.717) is 13.0 Å². The highest BCUT2D eigenvalue weighted by molar-refractivity contribution is 9.10. The highest BCUT2D eigenvalue weighted by Crippen LogP contribution is 2.27. The van der Waals surface area contributed by atoms with Gasteiger partial charge in [0.05, 0.1) is 20.4 Å². The van der Waals surface area contributed by atoms with E-state index in [9.17, 15) is 4.79 Å². The molecule has 0 aliphatic carbocycles. The van der Waals surface area contributed by atoms with Crippen molar-refractivity contribution >= 4 is 28.1 Å². The first kappa shape index (κ1) is 20.9. The molecule has 0 saturated heterocycles. The molecule has 2 N–H and O–H groups in total. The van der Waals surface area contributed by atoms with Gasteiger partial charge in [0, 0.05) is 17.4 Å². The van der Waals surface area contributed by atoms with Crippen molar-refractivity contribution in [2.75, 3.05) is 27.3 Å². The van der Waals surface area contributed by atoms with Crippen LogP contribution in [0.4, 0.5) is 0 Å². The van der Waals surface area contributed by atoms with Gasteiger partial charge in [-0.2, -0.15) is 5.10 Å². The van der Waals surface area contributed by atoms with Crippen LogP contribution in [0, 0.1) is 0 Å². The van der Waals surface area contributed by atoms with Crippen molar-refractivity contribution in [3.63, 3.8) is 0 Å². The Balaban J connectivity index is 1.63. The Kier molecular flexibility index (Phi) is 8.80. The Bertz CT molecular complexity index is 764. The molecule has 0 aliphatic rings. The molecule has 7 heteroatoms. The van der Waals surface area contributed by atoms with Crippen LogP contribution in [0.25, 0.3) is 0 Å². The number of hydrogen-bond donors (Lipinski definition) is 2. The largest absolute Gasteiger partial charge is 0.493 e. The molecule has 0 aliphatic heterocycles. The average molecular weight is 434 g/mol. The van der Waals surface area contributed by atoms with Gasteiger partial charge in [-0.25, -0.2) is 5.43 Å². The van der Waals surface area contributed by atoms with Crippen LogP contribution < -0.4 is 20.2 Å². The van der Waals surface area contributed by atoms with Crippen LogP contribution in [-0.4, -0.2) is 39.4 Å². The van der Waals surface area contributed by atoms with E-state index < -0.39 is 0 Å². The van der Waals surface area contributed by atoms with Crippen molar-refractivity contribution in [1.29, 1.82) is 0 Å². The Hall–Kier alpha value is -2.38. The second-order valence-electron chi connectivity index (χ2n) is 5.78. The predicted molar refractivity (Wildman–Crippen MR) is 111 cm³/mol. The molecule has 27 heavy (non-hydrogen) atoms. The van der Waals surface area contributed by atoms with Crippen LogP contribution in [0.2, 0.25) is 0 Å². The molecule has 0 radical (unpaired) electrons. The molecule has 2 rings (SSSR count). The number of hydrogen-bond acceptors (Lipinski definition) is 5. The van der Waals surface area contributed by atoms with Gasteiger partial charge in [0.1, 0.15) is 0 Å². The number of benzene rings is 2. The summed E-state index contributed by atoms with van der Waals surface area (Å²) in [5.74, 6) is 1.31. The zero-order valence-corrected chi connectivity index (χ0v) is 17.1. The van der Waals surface area contributed by atoms with Crippen molar-refractivity contribution in [3.8, 4) is 11.5 Å². The van der Waals surface area contributed by atoms with Crippen molar-refractivity contribution < 1.29 is 14.3 Å². The van der Waals surface area contributed by atoms with Crippen molar-refractivity contribution in [2.24, 2.45) is 5.10 Å². The molecule has 144 valence electrons. The third kappa shape index (κ3) is 7.40. The molecule has 1 amide bonds. The van der Waals surface area contributed by atoms with Gasteiger partial charge in [-0.05, 0) is 48.4 Å². The first-order valence-corrected chi connectivity index (χ1v) is 9.40. The summed E-state index contributed by atoms with van der Waals surface area (Å²) in [5, 5.41) is 7.21. The maximum atomic E-state index is 11.8. The summed E-state index contributed by atoms with van der Waals surface area (Å²) in [5.41, 5.74) is 4.60. The molecule has 2 aromatic carbocycles. The van der Waals surface area contributed by atoms with Crippen LogP contribution in [-0.2, 0) is 11.2 Å². The minimum atomic E-state index is -0.123. The van der Waals surface area contributed by atoms with Crippen molar-refractivity contribution in [3.05, 3.63) is 58.1 Å². The lowest BCUT2D eigenvalue weighted by Gasteiger charge is -2.10. The molecule has 0 saturated carbocycles. The van der Waals surface area contributed by atoms with Crippen molar-refractivity contribution in [1.82, 2.24) is 10.7 Å². The molecular formula is C20H24BrN3O3. The Morgan fingerprint density at radius 3 is 2.52 bits per heavy atom. The number of methoxy groups -OCH3 is 2. The highest BCUT2D eigenvalue weighted by atomic mass is 79.9. The molecule has 0 unspecified atom stereocenters. The van der Waals surface area contributed by atoms with Crippen LogP contribution in [0.3, 0.4) is 0 Å². The van der Waals surface area contributed by atoms with Crippen LogP contribution in [0.1, 0.15) is 17.5 Å². The Morgan fingerprint density at radius 2 is 1.81 bits per heavy atom. The van der Waals surface area contributed by atoms with Crippen LogP contribution in [0.15, 0.2) is 52.0 Å². The fraction of sp³-hybridized carbons (Fsp3) is 0.300. The van der Waals surface area contributed by atoms with E-state index in [1.54, 1.807) is 20.4 Å². The normalized spacial score (nSPS) is 10.8. The number of ether oxygens (including phenoxy) is 2. The molecule has 6 nitrogen and oxygen atoms in total. The van der Waals surface area contributed by atoms with Gasteiger partial charge in [0.2, 0.25) is 5.91 Å². The van der Waals surface area contributed by atoms with E-state index in [1.165, 1.54) is 0 Å². The summed E-state index contributed by atoms with van der Waals surface area (Å²) < 4.78 is 11.5. The Labute approximate surface area is 168 Å². The van der Waals surface area contributed by atoms with E-state index in [4.69, 9.17) is 9.47 Å². The maximum absolute atomic E-state index is 11.8. The second-order valence-corrected chi connectivity index (χ2v) is 6.70. The lowest BCUT2D eigenvalue weighted by Crippen LogP contribution is -2.25. The summed E-state index contributed by atoms with van der Waals surface area (Å²) in [4.78, 5) is 11.8. The summed E-state index contributed by atoms with van der Waals surface area (Å²) in [7, 11) is 3.24. The number of amides is 1. The lowest BCUT2D eigenvalue weighted by molar-refractivity contribution is -0.120. The Morgan fingerprint density at radius 1 is 1.07 bits per heavy atom. The fourth-order valence-electron chi connectivity index (χ4n) is 2.38. The molecule has 0 heterocycles. The molecular weight excluding hydrogens is 410 g/mol. The molecule has 0 fully saturated rings. The van der Waals surface area contributed by atoms with Crippen LogP contribution >= 0.6 is 15.9 Å². The predicted octanol–water partition coefficient (Wildman–Crippen LogP) is 3.14. The minimum Gasteiger partial charge on any atom is -0.493 e. The number of halogens is 1. The first-order chi connectivity index (χ1) is 13.1. The third-order valence-corrected chi connectivity index (χ3v) is 4.37. The number of carbonyl (C=O) groups is 1. The summed E-state index contributed by atoms with van der Waals surface area (Å²) >= 11 is 3.37. The van der Waals surface area contributed by atoms with E-state index in [2.05, 4.69) is 31.8 Å². The minimum absolute atomic E-state index is 0.123. The van der Waals surface area contributed by atoms with Crippen LogP contribution in [0.5, 0.6) is 11.5 Å². The SMILES string of the molecule is COc1ccc(CCNCCC(=O)NN=Cc2ccc(Br)cc2)cc1OC. The molecule has 2 aromatic rings. The van der Waals surface area contributed by atoms with Crippen molar-refractivity contribution in [2.45, 2.75) is 12.8 Å². The topological polar surface area (TPSA) is 72.0 Å². The van der Waals surface area contributed by atoms with Gasteiger partial charge in [0.15, 0.2) is 11.5 Å². The maximum Gasteiger partial charge on any atom is 0.241 e. The summed E-state index contributed by atoms with van der Waals surface area (Å²) in [6, 6.07) is 13.5. The molecule has 0 bridgehead atoms. The number of rotatable bonds is 10. The van der Waals surface area contributed by atoms with Gasteiger partial charge >= 0.3 is 0 Å². The van der Waals surface area contributed by atoms with Gasteiger partial charge in [-0.1, -0.05) is 34.1 Å². The van der Waals surface area contributed by atoms with E-state index in [1.807, 2.05) is 42.5 Å². The summed E-state index contributed by atoms with van der Waals surface area (Å²) in [6.07, 6.45) is 2.82. The van der Waals surface area contributed by atoms with Gasteiger partial charge in [-0.15, -0.1) is 0 Å². The van der Waals surface area contributed by atoms with Gasteiger partial charge in [0.25, 0.3) is 0 Å². The monoisotopic (exact) mass is 433 g/mol. The second kappa shape index (κ2) is 11.4. The molecule has 0 spiro atoms. The molecule has 0 aromatic heterocycles. The zero-order valence-electron chi connectivity index (χ0n) is 15.5. The van der Waals surface area contributed by atoms with E-state index in [-0.39, 0.29) is 5.91 Å². The number of nitrogens with zero attached hydrogens (tertiary/aromatic N) is 1.